The van der Waals surface area contributed by atoms with Gasteiger partial charge in [-0.15, -0.1) is 0 Å². The van der Waals surface area contributed by atoms with Gasteiger partial charge in [0.25, 0.3) is 0 Å². The lowest BCUT2D eigenvalue weighted by Crippen LogP contribution is -2.43. The van der Waals surface area contributed by atoms with E-state index in [4.69, 9.17) is 4.74 Å². The van der Waals surface area contributed by atoms with Gasteiger partial charge in [0.05, 0.1) is 0 Å². The molecule has 0 spiro atoms. The summed E-state index contributed by atoms with van der Waals surface area (Å²) in [5, 5.41) is 5.59. The predicted molar refractivity (Wildman–Crippen MR) is 84.0 cm³/mol. The van der Waals surface area contributed by atoms with E-state index >= 15 is 0 Å². The first kappa shape index (κ1) is 14.1. The Kier molecular flexibility index (Phi) is 4.62. The van der Waals surface area contributed by atoms with E-state index in [0.29, 0.717) is 5.41 Å². The average Bonchev–Trinajstić information content (AvgIpc) is 3.18. The molecule has 0 amide bonds. The Labute approximate surface area is 128 Å². The van der Waals surface area contributed by atoms with Gasteiger partial charge in [-0.25, -0.2) is 0 Å². The number of nitrogens with zero attached hydrogens (tertiary/aromatic N) is 1. The Balaban J connectivity index is 1.66. The second-order valence-electron chi connectivity index (χ2n) is 6.01. The molecule has 1 aromatic rings. The van der Waals surface area contributed by atoms with E-state index < -0.39 is 0 Å². The van der Waals surface area contributed by atoms with Crippen molar-refractivity contribution >= 4 is 27.3 Å². The predicted octanol–water partition coefficient (Wildman–Crippen LogP) is 3.90. The summed E-state index contributed by atoms with van der Waals surface area (Å²) in [6.07, 6.45) is 5.17. The summed E-state index contributed by atoms with van der Waals surface area (Å²) in [5.41, 5.74) is 1.91. The highest BCUT2D eigenvalue weighted by Gasteiger charge is 2.38. The molecule has 4 heteroatoms. The summed E-state index contributed by atoms with van der Waals surface area (Å²) in [6, 6.07) is 3.10. The number of halogens is 1. The molecule has 1 aliphatic heterocycles. The molecule has 19 heavy (non-hydrogen) atoms. The fraction of sp³-hybridized carbons (Fsp3) is 0.733. The van der Waals surface area contributed by atoms with Crippen LogP contribution in [-0.2, 0) is 11.3 Å². The van der Waals surface area contributed by atoms with Crippen molar-refractivity contribution in [1.82, 2.24) is 4.90 Å². The standard InChI is InChI=1S/C15H22BrNOS/c16-11-15(4-6-18-7-5-15)12-17(14-1-2-14)9-13-3-8-19-10-13/h3,8,10,14H,1-2,4-7,9,11-12H2. The van der Waals surface area contributed by atoms with Crippen molar-refractivity contribution in [2.75, 3.05) is 25.1 Å². The third-order valence-electron chi connectivity index (χ3n) is 4.40. The van der Waals surface area contributed by atoms with Crippen molar-refractivity contribution in [2.24, 2.45) is 5.41 Å². The fourth-order valence-corrected chi connectivity index (χ4v) is 4.34. The summed E-state index contributed by atoms with van der Waals surface area (Å²) in [7, 11) is 0. The van der Waals surface area contributed by atoms with Crippen molar-refractivity contribution < 1.29 is 4.74 Å². The molecule has 0 N–H and O–H groups in total. The second-order valence-corrected chi connectivity index (χ2v) is 7.35. The van der Waals surface area contributed by atoms with Crippen LogP contribution < -0.4 is 0 Å². The van der Waals surface area contributed by atoms with Crippen LogP contribution in [0, 0.1) is 5.41 Å². The Hall–Kier alpha value is 0.100. The SMILES string of the molecule is BrCC1(CN(Cc2ccsc2)C2CC2)CCOCC1. The molecule has 2 aliphatic rings. The maximum absolute atomic E-state index is 5.55. The van der Waals surface area contributed by atoms with Crippen LogP contribution in [-0.4, -0.2) is 36.0 Å². The van der Waals surface area contributed by atoms with Crippen LogP contribution in [0.2, 0.25) is 0 Å². The van der Waals surface area contributed by atoms with E-state index in [9.17, 15) is 0 Å². The molecule has 1 saturated heterocycles. The maximum atomic E-state index is 5.55. The molecular formula is C15H22BrNOS. The van der Waals surface area contributed by atoms with Crippen molar-refractivity contribution in [1.29, 1.82) is 0 Å². The molecule has 2 fully saturated rings. The molecule has 1 saturated carbocycles. The topological polar surface area (TPSA) is 12.5 Å². The van der Waals surface area contributed by atoms with Crippen molar-refractivity contribution in [3.63, 3.8) is 0 Å². The van der Waals surface area contributed by atoms with Gasteiger partial charge in [0, 0.05) is 37.7 Å². The third kappa shape index (κ3) is 3.60. The molecular weight excluding hydrogens is 322 g/mol. The minimum absolute atomic E-state index is 0.427. The molecule has 2 heterocycles. The van der Waals surface area contributed by atoms with E-state index in [1.165, 1.54) is 37.8 Å². The summed E-state index contributed by atoms with van der Waals surface area (Å²) in [6.45, 7) is 4.22. The summed E-state index contributed by atoms with van der Waals surface area (Å²) < 4.78 is 5.55. The quantitative estimate of drug-likeness (QED) is 0.726. The normalized spacial score (nSPS) is 22.8. The maximum Gasteiger partial charge on any atom is 0.0472 e. The van der Waals surface area contributed by atoms with Crippen LogP contribution in [0.5, 0.6) is 0 Å². The highest BCUT2D eigenvalue weighted by atomic mass is 79.9. The van der Waals surface area contributed by atoms with E-state index in [1.54, 1.807) is 0 Å². The van der Waals surface area contributed by atoms with Gasteiger partial charge in [0.15, 0.2) is 0 Å². The lowest BCUT2D eigenvalue weighted by Gasteiger charge is -2.40. The average molecular weight is 344 g/mol. The monoisotopic (exact) mass is 343 g/mol. The summed E-state index contributed by atoms with van der Waals surface area (Å²) in [4.78, 5) is 2.72. The van der Waals surface area contributed by atoms with Gasteiger partial charge < -0.3 is 4.74 Å². The van der Waals surface area contributed by atoms with Crippen LogP contribution >= 0.6 is 27.3 Å². The van der Waals surface area contributed by atoms with Gasteiger partial charge >= 0.3 is 0 Å². The van der Waals surface area contributed by atoms with Crippen LogP contribution in [0.1, 0.15) is 31.2 Å². The molecule has 3 rings (SSSR count). The molecule has 2 nitrogen and oxygen atoms in total. The molecule has 0 radical (unpaired) electrons. The Morgan fingerprint density at radius 1 is 1.37 bits per heavy atom. The van der Waals surface area contributed by atoms with Gasteiger partial charge in [0.1, 0.15) is 0 Å². The molecule has 1 aliphatic carbocycles. The van der Waals surface area contributed by atoms with Crippen LogP contribution in [0.3, 0.4) is 0 Å². The van der Waals surface area contributed by atoms with Gasteiger partial charge in [-0.1, -0.05) is 15.9 Å². The van der Waals surface area contributed by atoms with E-state index in [1.807, 2.05) is 11.3 Å². The van der Waals surface area contributed by atoms with E-state index in [0.717, 1.165) is 31.1 Å². The van der Waals surface area contributed by atoms with Crippen molar-refractivity contribution in [3.8, 4) is 0 Å². The van der Waals surface area contributed by atoms with Crippen molar-refractivity contribution in [3.05, 3.63) is 22.4 Å². The van der Waals surface area contributed by atoms with Crippen molar-refractivity contribution in [2.45, 2.75) is 38.3 Å². The second kappa shape index (κ2) is 6.25. The zero-order valence-corrected chi connectivity index (χ0v) is 13.7. The molecule has 1 aromatic heterocycles. The smallest absolute Gasteiger partial charge is 0.0472 e. The van der Waals surface area contributed by atoms with E-state index in [-0.39, 0.29) is 0 Å². The Bertz CT molecular complexity index is 385. The van der Waals surface area contributed by atoms with Gasteiger partial charge in [-0.2, -0.15) is 11.3 Å². The number of rotatable bonds is 6. The van der Waals surface area contributed by atoms with Gasteiger partial charge in [-0.3, -0.25) is 4.90 Å². The number of alkyl halides is 1. The molecule has 0 bridgehead atoms. The van der Waals surface area contributed by atoms with Crippen LogP contribution in [0.15, 0.2) is 16.8 Å². The number of hydrogen-bond acceptors (Lipinski definition) is 3. The van der Waals surface area contributed by atoms with Crippen LogP contribution in [0.4, 0.5) is 0 Å². The zero-order valence-electron chi connectivity index (χ0n) is 11.3. The molecule has 0 unspecified atom stereocenters. The minimum atomic E-state index is 0.427. The highest BCUT2D eigenvalue weighted by molar-refractivity contribution is 9.09. The van der Waals surface area contributed by atoms with Gasteiger partial charge in [0.2, 0.25) is 0 Å². The number of hydrogen-bond donors (Lipinski definition) is 0. The number of thiophene rings is 1. The first-order chi connectivity index (χ1) is 9.31. The first-order valence-corrected chi connectivity index (χ1v) is 9.27. The van der Waals surface area contributed by atoms with E-state index in [2.05, 4.69) is 37.7 Å². The van der Waals surface area contributed by atoms with Gasteiger partial charge in [-0.05, 0) is 53.5 Å². The Morgan fingerprint density at radius 2 is 2.16 bits per heavy atom. The molecule has 0 aromatic carbocycles. The Morgan fingerprint density at radius 3 is 2.74 bits per heavy atom. The largest absolute Gasteiger partial charge is 0.381 e. The molecule has 0 atom stereocenters. The third-order valence-corrected chi connectivity index (χ3v) is 6.33. The summed E-state index contributed by atoms with van der Waals surface area (Å²) >= 11 is 5.57. The zero-order chi connectivity index (χ0) is 13.1. The minimum Gasteiger partial charge on any atom is -0.381 e. The first-order valence-electron chi connectivity index (χ1n) is 7.20. The molecule has 106 valence electrons. The fourth-order valence-electron chi connectivity index (χ4n) is 2.94. The lowest BCUT2D eigenvalue weighted by atomic mass is 9.81. The lowest BCUT2D eigenvalue weighted by molar-refractivity contribution is 0.00526. The summed E-state index contributed by atoms with van der Waals surface area (Å²) in [5.74, 6) is 0. The number of ether oxygens (including phenoxy) is 1. The van der Waals surface area contributed by atoms with Crippen LogP contribution in [0.25, 0.3) is 0 Å². The highest BCUT2D eigenvalue weighted by Crippen LogP contribution is 2.38.